The van der Waals surface area contributed by atoms with Gasteiger partial charge >= 0.3 is 11.6 Å². The number of amides is 1. The van der Waals surface area contributed by atoms with Crippen molar-refractivity contribution in [2.75, 3.05) is 11.2 Å². The van der Waals surface area contributed by atoms with E-state index in [0.717, 1.165) is 0 Å². The number of carbonyl (C=O) groups excluding carboxylic acids is 1. The van der Waals surface area contributed by atoms with Crippen LogP contribution in [0.15, 0.2) is 64.1 Å². The highest BCUT2D eigenvalue weighted by atomic mass is 35.5. The van der Waals surface area contributed by atoms with E-state index in [-0.39, 0.29) is 24.0 Å². The first kappa shape index (κ1) is 21.5. The fourth-order valence-corrected chi connectivity index (χ4v) is 3.31. The molecule has 7 nitrogen and oxygen atoms in total. The topological polar surface area (TPSA) is 94.3 Å². The Morgan fingerprint density at radius 2 is 1.97 bits per heavy atom. The molecule has 4 aromatic rings. The number of rotatable bonds is 6. The van der Waals surface area contributed by atoms with Gasteiger partial charge in [0, 0.05) is 41.5 Å². The van der Waals surface area contributed by atoms with Crippen molar-refractivity contribution in [3.8, 4) is 11.8 Å². The largest absolute Gasteiger partial charge is 0.424 e. The number of halogens is 2. The Morgan fingerprint density at radius 3 is 2.69 bits per heavy atom. The zero-order valence-corrected chi connectivity index (χ0v) is 17.6. The third-order valence-corrected chi connectivity index (χ3v) is 5.08. The van der Waals surface area contributed by atoms with Crippen molar-refractivity contribution in [1.82, 2.24) is 9.97 Å². The summed E-state index contributed by atoms with van der Waals surface area (Å²) < 4.78 is 25.6. The van der Waals surface area contributed by atoms with Gasteiger partial charge in [-0.15, -0.1) is 11.6 Å². The minimum Gasteiger partial charge on any atom is -0.424 e. The van der Waals surface area contributed by atoms with Gasteiger partial charge in [-0.1, -0.05) is 6.07 Å². The summed E-state index contributed by atoms with van der Waals surface area (Å²) in [6.45, 7) is 1.78. The average Bonchev–Trinajstić information content (AvgIpc) is 2.78. The lowest BCUT2D eigenvalue weighted by Gasteiger charge is -2.11. The van der Waals surface area contributed by atoms with Crippen LogP contribution in [0.2, 0.25) is 0 Å². The molecule has 0 bridgehead atoms. The Balaban J connectivity index is 1.63. The molecule has 0 saturated heterocycles. The molecule has 0 atom stereocenters. The number of carbonyl (C=O) groups is 1. The average molecular weight is 454 g/mol. The molecule has 0 aliphatic heterocycles. The first-order valence-corrected chi connectivity index (χ1v) is 10.1. The number of alkyl halides is 1. The number of aromatic nitrogens is 2. The molecule has 2 heterocycles. The van der Waals surface area contributed by atoms with Crippen LogP contribution in [0, 0.1) is 12.7 Å². The van der Waals surface area contributed by atoms with Gasteiger partial charge in [0.2, 0.25) is 5.91 Å². The van der Waals surface area contributed by atoms with E-state index >= 15 is 0 Å². The highest BCUT2D eigenvalue weighted by Crippen LogP contribution is 2.27. The normalized spacial score (nSPS) is 10.8. The van der Waals surface area contributed by atoms with Crippen molar-refractivity contribution in [2.24, 2.45) is 0 Å². The molecule has 4 rings (SSSR count). The number of aryl methyl sites for hydroxylation is 1. The van der Waals surface area contributed by atoms with Gasteiger partial charge < -0.3 is 14.5 Å². The Kier molecular flexibility index (Phi) is 6.13. The fourth-order valence-electron chi connectivity index (χ4n) is 3.24. The van der Waals surface area contributed by atoms with Crippen molar-refractivity contribution in [3.63, 3.8) is 0 Å². The van der Waals surface area contributed by atoms with E-state index in [1.165, 1.54) is 12.1 Å². The Bertz CT molecular complexity index is 1360. The van der Waals surface area contributed by atoms with Gasteiger partial charge in [-0.2, -0.15) is 0 Å². The maximum atomic E-state index is 14.6. The quantitative estimate of drug-likeness (QED) is 0.339. The second-order valence-corrected chi connectivity index (χ2v) is 7.22. The van der Waals surface area contributed by atoms with Crippen LogP contribution in [0.3, 0.4) is 0 Å². The highest BCUT2D eigenvalue weighted by Gasteiger charge is 2.15. The number of ether oxygens (including phenoxy) is 1. The number of fused-ring (bicyclic) bond motifs is 1. The van der Waals surface area contributed by atoms with Crippen LogP contribution < -0.4 is 15.7 Å². The van der Waals surface area contributed by atoms with Gasteiger partial charge in [-0.25, -0.2) is 19.2 Å². The summed E-state index contributed by atoms with van der Waals surface area (Å²) in [5.74, 6) is -0.805. The third-order valence-electron chi connectivity index (χ3n) is 4.84. The highest BCUT2D eigenvalue weighted by molar-refractivity contribution is 6.29. The second-order valence-electron chi connectivity index (χ2n) is 6.95. The van der Waals surface area contributed by atoms with Crippen LogP contribution in [0.4, 0.5) is 10.1 Å². The van der Waals surface area contributed by atoms with Crippen molar-refractivity contribution in [2.45, 2.75) is 13.3 Å². The molecule has 2 aromatic heterocycles. The molecule has 2 aromatic carbocycles. The summed E-state index contributed by atoms with van der Waals surface area (Å²) in [6, 6.07) is 11.1. The minimum absolute atomic E-state index is 0.0375. The van der Waals surface area contributed by atoms with Crippen LogP contribution in [0.5, 0.6) is 11.8 Å². The van der Waals surface area contributed by atoms with Gasteiger partial charge in [-0.05, 0) is 48.4 Å². The van der Waals surface area contributed by atoms with E-state index in [0.29, 0.717) is 33.4 Å². The molecule has 0 unspecified atom stereocenters. The van der Waals surface area contributed by atoms with Gasteiger partial charge in [0.1, 0.15) is 23.0 Å². The molecular formula is C23H17ClFN3O4. The Labute approximate surface area is 186 Å². The van der Waals surface area contributed by atoms with E-state index < -0.39 is 17.3 Å². The fraction of sp³-hybridized carbons (Fsp3) is 0.130. The monoisotopic (exact) mass is 453 g/mol. The standard InChI is InChI=1S/C23H17ClFN3O4/c1-13-17-6-5-16(31-23-26-7-2-8-27-23)11-20(17)32-22(30)18(13)9-14-3-4-15(10-19(14)25)28-21(29)12-24/h2-8,10-11H,9,12H2,1H3,(H,28,29). The molecule has 0 aliphatic carbocycles. The van der Waals surface area contributed by atoms with Crippen molar-refractivity contribution < 1.29 is 18.3 Å². The second kappa shape index (κ2) is 9.15. The van der Waals surface area contributed by atoms with Crippen molar-refractivity contribution in [3.05, 3.63) is 87.8 Å². The van der Waals surface area contributed by atoms with Crippen LogP contribution in [-0.2, 0) is 11.2 Å². The van der Waals surface area contributed by atoms with E-state index in [9.17, 15) is 14.0 Å². The summed E-state index contributed by atoms with van der Waals surface area (Å²) in [7, 11) is 0. The van der Waals surface area contributed by atoms with Crippen LogP contribution in [-0.4, -0.2) is 21.8 Å². The van der Waals surface area contributed by atoms with E-state index in [1.54, 1.807) is 49.6 Å². The lowest BCUT2D eigenvalue weighted by molar-refractivity contribution is -0.113. The van der Waals surface area contributed by atoms with Crippen LogP contribution >= 0.6 is 11.6 Å². The maximum Gasteiger partial charge on any atom is 0.340 e. The van der Waals surface area contributed by atoms with Gasteiger partial charge in [0.25, 0.3) is 0 Å². The smallest absolute Gasteiger partial charge is 0.340 e. The van der Waals surface area contributed by atoms with E-state index in [1.807, 2.05) is 0 Å². The zero-order chi connectivity index (χ0) is 22.7. The number of hydrogen-bond donors (Lipinski definition) is 1. The molecule has 0 radical (unpaired) electrons. The molecule has 1 N–H and O–H groups in total. The number of nitrogens with zero attached hydrogens (tertiary/aromatic N) is 2. The summed E-state index contributed by atoms with van der Waals surface area (Å²) in [6.07, 6.45) is 3.14. The summed E-state index contributed by atoms with van der Waals surface area (Å²) in [4.78, 5) is 32.0. The number of anilines is 1. The minimum atomic E-state index is -0.568. The predicted octanol–water partition coefficient (Wildman–Crippen LogP) is 4.59. The van der Waals surface area contributed by atoms with Crippen LogP contribution in [0.1, 0.15) is 16.7 Å². The molecule has 0 aliphatic rings. The molecule has 9 heteroatoms. The first-order valence-electron chi connectivity index (χ1n) is 9.60. The van der Waals surface area contributed by atoms with Gasteiger partial charge in [0.15, 0.2) is 0 Å². The van der Waals surface area contributed by atoms with Gasteiger partial charge in [0.05, 0.1) is 0 Å². The Hall–Kier alpha value is -3.78. The molecule has 0 saturated carbocycles. The number of nitrogens with one attached hydrogen (secondary N) is 1. The third kappa shape index (κ3) is 4.60. The maximum absolute atomic E-state index is 14.6. The van der Waals surface area contributed by atoms with Gasteiger partial charge in [-0.3, -0.25) is 4.79 Å². The molecule has 162 valence electrons. The first-order chi connectivity index (χ1) is 15.4. The van der Waals surface area contributed by atoms with E-state index in [4.69, 9.17) is 20.8 Å². The summed E-state index contributed by atoms with van der Waals surface area (Å²) in [5.41, 5.74) is 1.37. The Morgan fingerprint density at radius 1 is 1.19 bits per heavy atom. The molecule has 0 spiro atoms. The predicted molar refractivity (Wildman–Crippen MR) is 118 cm³/mol. The van der Waals surface area contributed by atoms with E-state index in [2.05, 4.69) is 15.3 Å². The lowest BCUT2D eigenvalue weighted by atomic mass is 9.99. The molecule has 0 fully saturated rings. The summed E-state index contributed by atoms with van der Waals surface area (Å²) >= 11 is 5.45. The zero-order valence-electron chi connectivity index (χ0n) is 16.9. The van der Waals surface area contributed by atoms with Crippen molar-refractivity contribution in [1.29, 1.82) is 0 Å². The number of hydrogen-bond acceptors (Lipinski definition) is 6. The SMILES string of the molecule is Cc1c(Cc2ccc(NC(=O)CCl)cc2F)c(=O)oc2cc(Oc3ncccn3)ccc12. The lowest BCUT2D eigenvalue weighted by Crippen LogP contribution is -2.14. The van der Waals surface area contributed by atoms with Crippen LogP contribution in [0.25, 0.3) is 11.0 Å². The molecule has 32 heavy (non-hydrogen) atoms. The van der Waals surface area contributed by atoms with Crippen molar-refractivity contribution >= 4 is 34.2 Å². The summed E-state index contributed by atoms with van der Waals surface area (Å²) in [5, 5.41) is 3.18. The molecular weight excluding hydrogens is 437 g/mol. The number of benzene rings is 2. The molecule has 1 amide bonds.